The van der Waals surface area contributed by atoms with E-state index < -0.39 is 5.91 Å². The third-order valence-electron chi connectivity index (χ3n) is 0.939. The lowest BCUT2D eigenvalue weighted by atomic mass is 10.4. The van der Waals surface area contributed by atoms with Gasteiger partial charge in [-0.2, -0.15) is 0 Å². The molecular formula is C7H12N2O. The van der Waals surface area contributed by atoms with E-state index in [-0.39, 0.29) is 0 Å². The maximum atomic E-state index is 10.5. The van der Waals surface area contributed by atoms with Gasteiger partial charge in [0.2, 0.25) is 0 Å². The van der Waals surface area contributed by atoms with Crippen molar-refractivity contribution < 1.29 is 4.79 Å². The minimum Gasteiger partial charge on any atom is -0.364 e. The molecule has 3 heteroatoms. The van der Waals surface area contributed by atoms with E-state index in [1.54, 1.807) is 19.2 Å². The van der Waals surface area contributed by atoms with E-state index in [1.165, 1.54) is 0 Å². The average molecular weight is 140 g/mol. The smallest absolute Gasteiger partial charge is 0.266 e. The van der Waals surface area contributed by atoms with Crippen molar-refractivity contribution in [3.8, 4) is 0 Å². The van der Waals surface area contributed by atoms with Crippen molar-refractivity contribution in [3.05, 3.63) is 11.8 Å². The summed E-state index contributed by atoms with van der Waals surface area (Å²) in [5, 5.41) is 0. The van der Waals surface area contributed by atoms with Crippen molar-refractivity contribution in [1.82, 2.24) is 0 Å². The molecule has 0 spiro atoms. The molecule has 0 aromatic carbocycles. The molecule has 0 atom stereocenters. The molecule has 0 heterocycles. The van der Waals surface area contributed by atoms with Crippen molar-refractivity contribution in [1.29, 1.82) is 0 Å². The van der Waals surface area contributed by atoms with Crippen LogP contribution >= 0.6 is 0 Å². The van der Waals surface area contributed by atoms with Gasteiger partial charge in [-0.15, -0.1) is 0 Å². The Hall–Kier alpha value is -1.12. The predicted octanol–water partition coefficient (Wildman–Crippen LogP) is 0.856. The molecule has 0 aliphatic rings. The summed E-state index contributed by atoms with van der Waals surface area (Å²) in [6.45, 7) is 3.67. The minimum atomic E-state index is -0.479. The highest BCUT2D eigenvalue weighted by Crippen LogP contribution is 1.92. The zero-order valence-electron chi connectivity index (χ0n) is 6.29. The molecule has 0 aromatic rings. The van der Waals surface area contributed by atoms with Crippen molar-refractivity contribution >= 4 is 12.1 Å². The van der Waals surface area contributed by atoms with Gasteiger partial charge in [0.15, 0.2) is 0 Å². The van der Waals surface area contributed by atoms with Crippen molar-refractivity contribution in [2.45, 2.75) is 20.3 Å². The molecule has 0 aliphatic heterocycles. The van der Waals surface area contributed by atoms with E-state index in [0.29, 0.717) is 5.70 Å². The number of amides is 1. The second kappa shape index (κ2) is 4.73. The number of rotatable bonds is 3. The fourth-order valence-corrected chi connectivity index (χ4v) is 0.470. The van der Waals surface area contributed by atoms with Gasteiger partial charge in [-0.1, -0.05) is 13.0 Å². The van der Waals surface area contributed by atoms with Gasteiger partial charge in [0, 0.05) is 6.21 Å². The van der Waals surface area contributed by atoms with E-state index in [1.807, 2.05) is 6.92 Å². The first-order chi connectivity index (χ1) is 4.72. The molecule has 0 saturated carbocycles. The number of aliphatic imine (C=N–C) groups is 1. The van der Waals surface area contributed by atoms with Gasteiger partial charge >= 0.3 is 0 Å². The first kappa shape index (κ1) is 8.88. The fourth-order valence-electron chi connectivity index (χ4n) is 0.470. The lowest BCUT2D eigenvalue weighted by Crippen LogP contribution is -2.12. The molecule has 0 rings (SSSR count). The van der Waals surface area contributed by atoms with Crippen LogP contribution < -0.4 is 5.73 Å². The quantitative estimate of drug-likeness (QED) is 0.458. The molecule has 0 aliphatic carbocycles. The monoisotopic (exact) mass is 140 g/mol. The summed E-state index contributed by atoms with van der Waals surface area (Å²) in [4.78, 5) is 14.3. The van der Waals surface area contributed by atoms with Crippen LogP contribution in [0.2, 0.25) is 0 Å². The average Bonchev–Trinajstić information content (AvgIpc) is 1.89. The largest absolute Gasteiger partial charge is 0.364 e. The van der Waals surface area contributed by atoms with E-state index in [0.717, 1.165) is 6.42 Å². The minimum absolute atomic E-state index is 0.321. The van der Waals surface area contributed by atoms with Gasteiger partial charge in [0.25, 0.3) is 5.91 Å². The van der Waals surface area contributed by atoms with Gasteiger partial charge in [-0.25, -0.2) is 0 Å². The van der Waals surface area contributed by atoms with Crippen LogP contribution in [0.1, 0.15) is 20.3 Å². The Morgan fingerprint density at radius 1 is 1.70 bits per heavy atom. The van der Waals surface area contributed by atoms with E-state index in [2.05, 4.69) is 4.99 Å². The third kappa shape index (κ3) is 3.02. The Morgan fingerprint density at radius 2 is 2.30 bits per heavy atom. The van der Waals surface area contributed by atoms with Crippen LogP contribution in [0, 0.1) is 0 Å². The maximum absolute atomic E-state index is 10.5. The predicted molar refractivity (Wildman–Crippen MR) is 41.7 cm³/mol. The Morgan fingerprint density at radius 3 is 2.60 bits per heavy atom. The lowest BCUT2D eigenvalue weighted by Gasteiger charge is -1.90. The maximum Gasteiger partial charge on any atom is 0.266 e. The van der Waals surface area contributed by atoms with Crippen LogP contribution in [0.4, 0.5) is 0 Å². The van der Waals surface area contributed by atoms with E-state index in [4.69, 9.17) is 5.73 Å². The van der Waals surface area contributed by atoms with Gasteiger partial charge < -0.3 is 5.73 Å². The van der Waals surface area contributed by atoms with Crippen LogP contribution in [-0.2, 0) is 4.79 Å². The topological polar surface area (TPSA) is 55.4 Å². The molecule has 1 amide bonds. The summed E-state index contributed by atoms with van der Waals surface area (Å²) in [7, 11) is 0. The fraction of sp³-hybridized carbons (Fsp3) is 0.429. The number of primary amides is 1. The molecule has 10 heavy (non-hydrogen) atoms. The number of nitrogens with two attached hydrogens (primary N) is 1. The van der Waals surface area contributed by atoms with E-state index in [9.17, 15) is 4.79 Å². The Kier molecular flexibility index (Phi) is 4.20. The molecule has 0 saturated heterocycles. The second-order valence-electron chi connectivity index (χ2n) is 1.76. The number of nitrogens with zero attached hydrogens (tertiary/aromatic N) is 1. The van der Waals surface area contributed by atoms with Crippen LogP contribution in [-0.4, -0.2) is 12.1 Å². The van der Waals surface area contributed by atoms with Gasteiger partial charge in [-0.05, 0) is 13.3 Å². The third-order valence-corrected chi connectivity index (χ3v) is 0.939. The highest BCUT2D eigenvalue weighted by Gasteiger charge is 1.96. The molecular weight excluding hydrogens is 128 g/mol. The summed E-state index contributed by atoms with van der Waals surface area (Å²) < 4.78 is 0. The normalized spacial score (nSPS) is 12.4. The lowest BCUT2D eigenvalue weighted by molar-refractivity contribution is -0.114. The number of carbonyl (C=O) groups excluding carboxylic acids is 1. The highest BCUT2D eigenvalue weighted by atomic mass is 16.1. The van der Waals surface area contributed by atoms with Crippen LogP contribution in [0.3, 0.4) is 0 Å². The molecule has 3 nitrogen and oxygen atoms in total. The summed E-state index contributed by atoms with van der Waals surface area (Å²) in [6.07, 6.45) is 4.05. The SMILES string of the molecule is C/C=C(\N=CCC)C(N)=O. The molecule has 0 unspecified atom stereocenters. The molecule has 0 bridgehead atoms. The van der Waals surface area contributed by atoms with Crippen LogP contribution in [0.15, 0.2) is 16.8 Å². The highest BCUT2D eigenvalue weighted by molar-refractivity contribution is 5.92. The van der Waals surface area contributed by atoms with Crippen LogP contribution in [0.5, 0.6) is 0 Å². The molecule has 0 aromatic heterocycles. The zero-order chi connectivity index (χ0) is 7.98. The summed E-state index contributed by atoms with van der Waals surface area (Å²) >= 11 is 0. The Balaban J connectivity index is 4.12. The number of allylic oxidation sites excluding steroid dienone is 1. The summed E-state index contributed by atoms with van der Waals surface area (Å²) in [5.74, 6) is -0.479. The zero-order valence-corrected chi connectivity index (χ0v) is 6.29. The Bertz CT molecular complexity index is 170. The van der Waals surface area contributed by atoms with Gasteiger partial charge in [0.1, 0.15) is 5.70 Å². The van der Waals surface area contributed by atoms with E-state index >= 15 is 0 Å². The van der Waals surface area contributed by atoms with Gasteiger partial charge in [0.05, 0.1) is 0 Å². The van der Waals surface area contributed by atoms with Crippen molar-refractivity contribution in [2.24, 2.45) is 10.7 Å². The van der Waals surface area contributed by atoms with Gasteiger partial charge in [-0.3, -0.25) is 9.79 Å². The molecule has 56 valence electrons. The number of carbonyl (C=O) groups is 1. The molecule has 2 N–H and O–H groups in total. The number of hydrogen-bond donors (Lipinski definition) is 1. The van der Waals surface area contributed by atoms with Crippen molar-refractivity contribution in [3.63, 3.8) is 0 Å². The summed E-state index contributed by atoms with van der Waals surface area (Å²) in [6, 6.07) is 0. The standard InChI is InChI=1S/C7H12N2O/c1-3-5-9-6(4-2)7(8)10/h4-5H,3H2,1-2H3,(H2,8,10)/b6-4-,9-5?. The molecule has 0 fully saturated rings. The number of hydrogen-bond acceptors (Lipinski definition) is 2. The second-order valence-corrected chi connectivity index (χ2v) is 1.76. The van der Waals surface area contributed by atoms with Crippen LogP contribution in [0.25, 0.3) is 0 Å². The Labute approximate surface area is 60.6 Å². The molecule has 0 radical (unpaired) electrons. The first-order valence-corrected chi connectivity index (χ1v) is 3.21. The first-order valence-electron chi connectivity index (χ1n) is 3.21. The summed E-state index contributed by atoms with van der Waals surface area (Å²) in [5.41, 5.74) is 5.29. The van der Waals surface area contributed by atoms with Crippen molar-refractivity contribution in [2.75, 3.05) is 0 Å².